The van der Waals surface area contributed by atoms with Crippen LogP contribution in [0.3, 0.4) is 0 Å². The minimum absolute atomic E-state index is 0.271. The van der Waals surface area contributed by atoms with Gasteiger partial charge in [-0.05, 0) is 11.6 Å². The first-order valence-corrected chi connectivity index (χ1v) is 9.02. The molecular formula is C19H17ClN2O2S. The largest absolute Gasteiger partial charge is 0.383 e. The van der Waals surface area contributed by atoms with Crippen LogP contribution < -0.4 is 4.90 Å². The smallest absolute Gasteiger partial charge is 0.257 e. The highest BCUT2D eigenvalue weighted by Gasteiger charge is 2.23. The second kappa shape index (κ2) is 7.78. The number of amides is 1. The normalized spacial score (nSPS) is 12.0. The van der Waals surface area contributed by atoms with Crippen molar-refractivity contribution in [2.75, 3.05) is 11.9 Å². The highest BCUT2D eigenvalue weighted by molar-refractivity contribution is 7.14. The number of likely N-dealkylation sites (N-methyl/N-ethyl adjacent to an activating group) is 1. The molecule has 0 aliphatic rings. The number of benzene rings is 2. The van der Waals surface area contributed by atoms with E-state index in [0.29, 0.717) is 15.8 Å². The van der Waals surface area contributed by atoms with E-state index in [1.165, 1.54) is 16.2 Å². The summed E-state index contributed by atoms with van der Waals surface area (Å²) in [7, 11) is 1.62. The molecule has 0 fully saturated rings. The minimum Gasteiger partial charge on any atom is -0.383 e. The van der Waals surface area contributed by atoms with Gasteiger partial charge in [-0.25, -0.2) is 4.98 Å². The van der Waals surface area contributed by atoms with E-state index in [-0.39, 0.29) is 12.3 Å². The second-order valence-electron chi connectivity index (χ2n) is 5.60. The number of anilines is 1. The van der Waals surface area contributed by atoms with Gasteiger partial charge in [-0.15, -0.1) is 11.3 Å². The molecule has 128 valence electrons. The molecule has 0 saturated carbocycles. The zero-order chi connectivity index (χ0) is 17.8. The Morgan fingerprint density at radius 1 is 1.20 bits per heavy atom. The van der Waals surface area contributed by atoms with Gasteiger partial charge in [-0.1, -0.05) is 60.1 Å². The summed E-state index contributed by atoms with van der Waals surface area (Å²) in [6, 6.07) is 16.9. The standard InChI is InChI=1S/C19H17ClN2O2S/c1-22(18(24)17(23)11-13-7-3-2-4-8-13)19-21-16(12-25-19)14-9-5-6-10-15(14)20/h2-10,12,17,23H,11H2,1H3. The van der Waals surface area contributed by atoms with Gasteiger partial charge in [0.05, 0.1) is 5.69 Å². The van der Waals surface area contributed by atoms with Gasteiger partial charge in [0.1, 0.15) is 6.10 Å². The lowest BCUT2D eigenvalue weighted by Gasteiger charge is -2.18. The molecule has 0 saturated heterocycles. The average molecular weight is 373 g/mol. The summed E-state index contributed by atoms with van der Waals surface area (Å²) >= 11 is 7.53. The van der Waals surface area contributed by atoms with Crippen molar-refractivity contribution in [3.8, 4) is 11.3 Å². The molecule has 1 unspecified atom stereocenters. The number of carbonyl (C=O) groups is 1. The van der Waals surface area contributed by atoms with E-state index < -0.39 is 6.10 Å². The SMILES string of the molecule is CN(C(=O)C(O)Cc1ccccc1)c1nc(-c2ccccc2Cl)cs1. The van der Waals surface area contributed by atoms with Gasteiger partial charge in [-0.2, -0.15) is 0 Å². The Bertz CT molecular complexity index is 867. The van der Waals surface area contributed by atoms with Crippen molar-refractivity contribution < 1.29 is 9.90 Å². The Labute approximate surface area is 155 Å². The van der Waals surface area contributed by atoms with Crippen LogP contribution in [0.25, 0.3) is 11.3 Å². The van der Waals surface area contributed by atoms with Crippen molar-refractivity contribution in [1.29, 1.82) is 0 Å². The maximum atomic E-state index is 12.5. The predicted molar refractivity (Wildman–Crippen MR) is 102 cm³/mol. The quantitative estimate of drug-likeness (QED) is 0.735. The third-order valence-corrected chi connectivity index (χ3v) is 5.06. The van der Waals surface area contributed by atoms with E-state index in [1.807, 2.05) is 53.9 Å². The zero-order valence-electron chi connectivity index (χ0n) is 13.6. The van der Waals surface area contributed by atoms with E-state index in [9.17, 15) is 9.90 Å². The molecule has 4 nitrogen and oxygen atoms in total. The van der Waals surface area contributed by atoms with Crippen LogP contribution in [-0.4, -0.2) is 29.1 Å². The molecule has 1 heterocycles. The summed E-state index contributed by atoms with van der Waals surface area (Å²) < 4.78 is 0. The molecule has 0 aliphatic heterocycles. The Kier molecular flexibility index (Phi) is 5.48. The van der Waals surface area contributed by atoms with E-state index in [0.717, 1.165) is 11.1 Å². The number of hydrogen-bond acceptors (Lipinski definition) is 4. The van der Waals surface area contributed by atoms with Crippen LogP contribution in [0.2, 0.25) is 5.02 Å². The van der Waals surface area contributed by atoms with E-state index in [2.05, 4.69) is 4.98 Å². The molecular weight excluding hydrogens is 356 g/mol. The number of aliphatic hydroxyl groups excluding tert-OH is 1. The van der Waals surface area contributed by atoms with Crippen molar-refractivity contribution in [3.05, 3.63) is 70.6 Å². The summed E-state index contributed by atoms with van der Waals surface area (Å²) in [5.41, 5.74) is 2.44. The lowest BCUT2D eigenvalue weighted by Crippen LogP contribution is -2.37. The Morgan fingerprint density at radius 2 is 1.88 bits per heavy atom. The van der Waals surface area contributed by atoms with Crippen LogP contribution in [0.1, 0.15) is 5.56 Å². The van der Waals surface area contributed by atoms with E-state index in [1.54, 1.807) is 13.1 Å². The molecule has 1 atom stereocenters. The van der Waals surface area contributed by atoms with Gasteiger partial charge in [-0.3, -0.25) is 9.69 Å². The summed E-state index contributed by atoms with van der Waals surface area (Å²) in [6.45, 7) is 0. The van der Waals surface area contributed by atoms with Crippen LogP contribution >= 0.6 is 22.9 Å². The van der Waals surface area contributed by atoms with Crippen molar-refractivity contribution in [3.63, 3.8) is 0 Å². The summed E-state index contributed by atoms with van der Waals surface area (Å²) in [4.78, 5) is 18.3. The van der Waals surface area contributed by atoms with Gasteiger partial charge < -0.3 is 5.11 Å². The first-order chi connectivity index (χ1) is 12.1. The first-order valence-electron chi connectivity index (χ1n) is 7.76. The van der Waals surface area contributed by atoms with Crippen LogP contribution in [0.4, 0.5) is 5.13 Å². The number of halogens is 1. The van der Waals surface area contributed by atoms with Crippen molar-refractivity contribution in [1.82, 2.24) is 4.98 Å². The lowest BCUT2D eigenvalue weighted by molar-refractivity contribution is -0.126. The second-order valence-corrected chi connectivity index (χ2v) is 6.84. The van der Waals surface area contributed by atoms with Gasteiger partial charge in [0, 0.05) is 29.4 Å². The molecule has 0 bridgehead atoms. The van der Waals surface area contributed by atoms with Crippen LogP contribution in [0.15, 0.2) is 60.0 Å². The number of aliphatic hydroxyl groups is 1. The third kappa shape index (κ3) is 4.07. The fourth-order valence-corrected chi connectivity index (χ4v) is 3.48. The summed E-state index contributed by atoms with van der Waals surface area (Å²) in [5, 5.41) is 13.2. The number of hydrogen-bond donors (Lipinski definition) is 1. The molecule has 1 aromatic heterocycles. The fourth-order valence-electron chi connectivity index (χ4n) is 2.45. The molecule has 0 spiro atoms. The topological polar surface area (TPSA) is 53.4 Å². The molecule has 0 aliphatic carbocycles. The van der Waals surface area contributed by atoms with Crippen molar-refractivity contribution in [2.45, 2.75) is 12.5 Å². The molecule has 3 aromatic rings. The Balaban J connectivity index is 1.73. The van der Waals surface area contributed by atoms with Gasteiger partial charge in [0.15, 0.2) is 5.13 Å². The summed E-state index contributed by atoms with van der Waals surface area (Å²) in [6.07, 6.45) is -0.840. The predicted octanol–water partition coefficient (Wildman–Crippen LogP) is 4.03. The number of nitrogens with zero attached hydrogens (tertiary/aromatic N) is 2. The van der Waals surface area contributed by atoms with Crippen LogP contribution in [0, 0.1) is 0 Å². The molecule has 3 rings (SSSR count). The fraction of sp³-hybridized carbons (Fsp3) is 0.158. The molecule has 2 aromatic carbocycles. The number of rotatable bonds is 5. The Morgan fingerprint density at radius 3 is 2.60 bits per heavy atom. The number of carbonyl (C=O) groups excluding carboxylic acids is 1. The van der Waals surface area contributed by atoms with Crippen molar-refractivity contribution in [2.24, 2.45) is 0 Å². The highest BCUT2D eigenvalue weighted by Crippen LogP contribution is 2.31. The Hall–Kier alpha value is -2.21. The number of aromatic nitrogens is 1. The van der Waals surface area contributed by atoms with E-state index in [4.69, 9.17) is 11.6 Å². The molecule has 25 heavy (non-hydrogen) atoms. The van der Waals surface area contributed by atoms with Crippen LogP contribution in [0.5, 0.6) is 0 Å². The lowest BCUT2D eigenvalue weighted by atomic mass is 10.1. The number of thiazole rings is 1. The molecule has 1 N–H and O–H groups in total. The molecule has 6 heteroatoms. The van der Waals surface area contributed by atoms with Gasteiger partial charge >= 0.3 is 0 Å². The van der Waals surface area contributed by atoms with Crippen molar-refractivity contribution >= 4 is 34.0 Å². The maximum Gasteiger partial charge on any atom is 0.257 e. The monoisotopic (exact) mass is 372 g/mol. The van der Waals surface area contributed by atoms with Crippen LogP contribution in [-0.2, 0) is 11.2 Å². The van der Waals surface area contributed by atoms with E-state index >= 15 is 0 Å². The first kappa shape index (κ1) is 17.6. The average Bonchev–Trinajstić information content (AvgIpc) is 3.11. The highest BCUT2D eigenvalue weighted by atomic mass is 35.5. The molecule has 1 amide bonds. The maximum absolute atomic E-state index is 12.5. The van der Waals surface area contributed by atoms with Gasteiger partial charge in [0.2, 0.25) is 0 Å². The van der Waals surface area contributed by atoms with Gasteiger partial charge in [0.25, 0.3) is 5.91 Å². The molecule has 0 radical (unpaired) electrons. The zero-order valence-corrected chi connectivity index (χ0v) is 15.2. The third-order valence-electron chi connectivity index (χ3n) is 3.82. The summed E-state index contributed by atoms with van der Waals surface area (Å²) in [5.74, 6) is -0.385. The minimum atomic E-state index is -1.11.